The largest absolute Gasteiger partial charge is 0.316 e. The molecule has 1 fully saturated rings. The van der Waals surface area contributed by atoms with Crippen LogP contribution < -0.4 is 10.2 Å². The van der Waals surface area contributed by atoms with E-state index < -0.39 is 0 Å². The van der Waals surface area contributed by atoms with Gasteiger partial charge in [0.25, 0.3) is 0 Å². The van der Waals surface area contributed by atoms with Gasteiger partial charge in [0.1, 0.15) is 0 Å². The van der Waals surface area contributed by atoms with Crippen LogP contribution in [0.1, 0.15) is 25.3 Å². The molecule has 1 amide bonds. The fourth-order valence-corrected chi connectivity index (χ4v) is 3.18. The van der Waals surface area contributed by atoms with Gasteiger partial charge in [-0.3, -0.25) is 4.79 Å². The summed E-state index contributed by atoms with van der Waals surface area (Å²) >= 11 is 0. The van der Waals surface area contributed by atoms with E-state index in [1.54, 1.807) is 0 Å². The first-order valence-corrected chi connectivity index (χ1v) is 6.86. The van der Waals surface area contributed by atoms with E-state index in [0.717, 1.165) is 31.6 Å². The Morgan fingerprint density at radius 3 is 3.06 bits per heavy atom. The maximum atomic E-state index is 12.5. The molecule has 2 aliphatic rings. The second kappa shape index (κ2) is 4.73. The highest BCUT2D eigenvalue weighted by atomic mass is 16.2. The molecule has 1 aromatic carbocycles. The number of hydrogen-bond donors (Lipinski definition) is 1. The number of para-hydroxylation sites is 1. The van der Waals surface area contributed by atoms with Crippen LogP contribution in [0.15, 0.2) is 24.3 Å². The summed E-state index contributed by atoms with van der Waals surface area (Å²) in [6, 6.07) is 8.60. The highest BCUT2D eigenvalue weighted by Gasteiger charge is 2.31. The van der Waals surface area contributed by atoms with Gasteiger partial charge >= 0.3 is 0 Å². The SMILES string of the molecule is C[C@@H]1Cc2ccccc2N1C(=O)C[C@@H]1CCNC1. The number of rotatable bonds is 2. The molecule has 2 aliphatic heterocycles. The van der Waals surface area contributed by atoms with E-state index in [0.29, 0.717) is 24.3 Å². The second-order valence-corrected chi connectivity index (χ2v) is 5.51. The molecule has 0 aromatic heterocycles. The molecule has 0 spiro atoms. The average molecular weight is 244 g/mol. The fourth-order valence-electron chi connectivity index (χ4n) is 3.18. The van der Waals surface area contributed by atoms with Gasteiger partial charge in [0, 0.05) is 18.2 Å². The highest BCUT2D eigenvalue weighted by Crippen LogP contribution is 2.33. The Bertz CT molecular complexity index is 452. The van der Waals surface area contributed by atoms with Crippen molar-refractivity contribution in [3.63, 3.8) is 0 Å². The number of hydrogen-bond acceptors (Lipinski definition) is 2. The predicted molar refractivity (Wildman–Crippen MR) is 72.7 cm³/mol. The van der Waals surface area contributed by atoms with Crippen molar-refractivity contribution in [1.82, 2.24) is 5.32 Å². The van der Waals surface area contributed by atoms with Gasteiger partial charge in [0.15, 0.2) is 0 Å². The minimum absolute atomic E-state index is 0.293. The molecule has 1 aromatic rings. The highest BCUT2D eigenvalue weighted by molar-refractivity contribution is 5.96. The van der Waals surface area contributed by atoms with Crippen LogP contribution in [0.3, 0.4) is 0 Å². The first-order chi connectivity index (χ1) is 8.75. The van der Waals surface area contributed by atoms with E-state index in [9.17, 15) is 4.79 Å². The summed E-state index contributed by atoms with van der Waals surface area (Å²) in [6.45, 7) is 4.20. The molecule has 0 unspecified atom stereocenters. The minimum Gasteiger partial charge on any atom is -0.316 e. The summed E-state index contributed by atoms with van der Waals surface area (Å²) in [5, 5.41) is 3.33. The van der Waals surface area contributed by atoms with Gasteiger partial charge < -0.3 is 10.2 Å². The first kappa shape index (κ1) is 11.7. The van der Waals surface area contributed by atoms with E-state index in [1.807, 2.05) is 11.0 Å². The van der Waals surface area contributed by atoms with Crippen LogP contribution in [0.2, 0.25) is 0 Å². The second-order valence-electron chi connectivity index (χ2n) is 5.51. The van der Waals surface area contributed by atoms with Crippen LogP contribution in [0.4, 0.5) is 5.69 Å². The van der Waals surface area contributed by atoms with Gasteiger partial charge in [-0.05, 0) is 50.4 Å². The number of nitrogens with one attached hydrogen (secondary N) is 1. The van der Waals surface area contributed by atoms with Crippen LogP contribution in [0.25, 0.3) is 0 Å². The molecular weight excluding hydrogens is 224 g/mol. The fraction of sp³-hybridized carbons (Fsp3) is 0.533. The monoisotopic (exact) mass is 244 g/mol. The lowest BCUT2D eigenvalue weighted by molar-refractivity contribution is -0.119. The third kappa shape index (κ3) is 2.03. The van der Waals surface area contributed by atoms with Crippen molar-refractivity contribution in [1.29, 1.82) is 0 Å². The zero-order valence-corrected chi connectivity index (χ0v) is 10.9. The van der Waals surface area contributed by atoms with Gasteiger partial charge in [0.2, 0.25) is 5.91 Å². The molecule has 96 valence electrons. The zero-order chi connectivity index (χ0) is 12.5. The van der Waals surface area contributed by atoms with Crippen molar-refractivity contribution in [2.24, 2.45) is 5.92 Å². The third-order valence-corrected chi connectivity index (χ3v) is 4.10. The number of carbonyl (C=O) groups is 1. The van der Waals surface area contributed by atoms with Gasteiger partial charge in [-0.15, -0.1) is 0 Å². The average Bonchev–Trinajstić information content (AvgIpc) is 2.94. The van der Waals surface area contributed by atoms with Gasteiger partial charge in [-0.1, -0.05) is 18.2 Å². The normalized spacial score (nSPS) is 26.4. The molecule has 2 heterocycles. The third-order valence-electron chi connectivity index (χ3n) is 4.10. The summed E-state index contributed by atoms with van der Waals surface area (Å²) in [5.74, 6) is 0.818. The Labute approximate surface area is 108 Å². The first-order valence-electron chi connectivity index (χ1n) is 6.86. The Hall–Kier alpha value is -1.35. The summed E-state index contributed by atoms with van der Waals surface area (Å²) in [5.41, 5.74) is 2.43. The van der Waals surface area contributed by atoms with Crippen molar-refractivity contribution in [2.75, 3.05) is 18.0 Å². The van der Waals surface area contributed by atoms with Crippen LogP contribution in [0, 0.1) is 5.92 Å². The van der Waals surface area contributed by atoms with Crippen molar-refractivity contribution in [2.45, 2.75) is 32.2 Å². The topological polar surface area (TPSA) is 32.3 Å². The van der Waals surface area contributed by atoms with Gasteiger partial charge in [-0.2, -0.15) is 0 Å². The Morgan fingerprint density at radius 2 is 2.28 bits per heavy atom. The predicted octanol–water partition coefficient (Wildman–Crippen LogP) is 1.96. The molecule has 1 N–H and O–H groups in total. The number of carbonyl (C=O) groups excluding carboxylic acids is 1. The molecule has 0 aliphatic carbocycles. The molecule has 3 heteroatoms. The van der Waals surface area contributed by atoms with Crippen LogP contribution in [-0.4, -0.2) is 25.0 Å². The number of nitrogens with zero attached hydrogens (tertiary/aromatic N) is 1. The Balaban J connectivity index is 1.77. The lowest BCUT2D eigenvalue weighted by atomic mass is 10.0. The summed E-state index contributed by atoms with van der Waals surface area (Å²) in [6.07, 6.45) is 2.81. The molecule has 3 rings (SSSR count). The minimum atomic E-state index is 0.293. The molecule has 0 saturated carbocycles. The van der Waals surface area contributed by atoms with Crippen molar-refractivity contribution < 1.29 is 4.79 Å². The summed E-state index contributed by atoms with van der Waals surface area (Å²) in [7, 11) is 0. The summed E-state index contributed by atoms with van der Waals surface area (Å²) in [4.78, 5) is 14.5. The van der Waals surface area contributed by atoms with Gasteiger partial charge in [-0.25, -0.2) is 0 Å². The molecule has 0 bridgehead atoms. The smallest absolute Gasteiger partial charge is 0.227 e. The molecule has 0 radical (unpaired) electrons. The maximum Gasteiger partial charge on any atom is 0.227 e. The van der Waals surface area contributed by atoms with E-state index >= 15 is 0 Å². The van der Waals surface area contributed by atoms with E-state index in [1.165, 1.54) is 5.56 Å². The van der Waals surface area contributed by atoms with Crippen molar-refractivity contribution >= 4 is 11.6 Å². The van der Waals surface area contributed by atoms with E-state index in [-0.39, 0.29) is 0 Å². The van der Waals surface area contributed by atoms with Crippen LogP contribution >= 0.6 is 0 Å². The number of fused-ring (bicyclic) bond motifs is 1. The summed E-state index contributed by atoms with van der Waals surface area (Å²) < 4.78 is 0. The lowest BCUT2D eigenvalue weighted by Crippen LogP contribution is -2.37. The number of benzene rings is 1. The molecule has 1 saturated heterocycles. The molecule has 18 heavy (non-hydrogen) atoms. The molecule has 3 nitrogen and oxygen atoms in total. The quantitative estimate of drug-likeness (QED) is 0.862. The Kier molecular flexibility index (Phi) is 3.08. The van der Waals surface area contributed by atoms with Gasteiger partial charge in [0.05, 0.1) is 0 Å². The van der Waals surface area contributed by atoms with Crippen LogP contribution in [-0.2, 0) is 11.2 Å². The van der Waals surface area contributed by atoms with Crippen molar-refractivity contribution in [3.8, 4) is 0 Å². The van der Waals surface area contributed by atoms with E-state index in [4.69, 9.17) is 0 Å². The number of amides is 1. The number of anilines is 1. The standard InChI is InChI=1S/C15H20N2O/c1-11-8-13-4-2-3-5-14(13)17(11)15(18)9-12-6-7-16-10-12/h2-5,11-12,16H,6-10H2,1H3/t11-,12+/m1/s1. The Morgan fingerprint density at radius 1 is 1.44 bits per heavy atom. The zero-order valence-electron chi connectivity index (χ0n) is 10.9. The maximum absolute atomic E-state index is 12.5. The molecule has 2 atom stereocenters. The van der Waals surface area contributed by atoms with E-state index in [2.05, 4.69) is 30.4 Å². The lowest BCUT2D eigenvalue weighted by Gasteiger charge is -2.24. The van der Waals surface area contributed by atoms with Crippen molar-refractivity contribution in [3.05, 3.63) is 29.8 Å². The van der Waals surface area contributed by atoms with Crippen LogP contribution in [0.5, 0.6) is 0 Å². The molecular formula is C15H20N2O.